The molecule has 0 bridgehead atoms. The molecule has 0 unspecified atom stereocenters. The molecule has 0 saturated heterocycles. The summed E-state index contributed by atoms with van der Waals surface area (Å²) >= 11 is 2.34. The Morgan fingerprint density at radius 2 is 2.12 bits per heavy atom. The number of rotatable bonds is 3. The molecule has 2 N–H and O–H groups in total. The second kappa shape index (κ2) is 5.10. The van der Waals surface area contributed by atoms with E-state index in [4.69, 9.17) is 5.73 Å². The molecule has 0 fully saturated rings. The van der Waals surface area contributed by atoms with Gasteiger partial charge in [0.15, 0.2) is 0 Å². The molecule has 16 heavy (non-hydrogen) atoms. The lowest BCUT2D eigenvalue weighted by atomic mass is 10.0. The molecular formula is C13H15IN2. The van der Waals surface area contributed by atoms with E-state index in [0.29, 0.717) is 0 Å². The van der Waals surface area contributed by atoms with Crippen molar-refractivity contribution in [2.24, 2.45) is 5.73 Å². The van der Waals surface area contributed by atoms with E-state index in [0.717, 1.165) is 30.6 Å². The highest BCUT2D eigenvalue weighted by atomic mass is 127. The Bertz CT molecular complexity index is 509. The zero-order chi connectivity index (χ0) is 11.5. The second-order valence-corrected chi connectivity index (χ2v) is 5.22. The highest BCUT2D eigenvalue weighted by Gasteiger charge is 2.04. The first kappa shape index (κ1) is 11.8. The highest BCUT2D eigenvalue weighted by molar-refractivity contribution is 14.1. The minimum Gasteiger partial charge on any atom is -0.330 e. The first-order valence-electron chi connectivity index (χ1n) is 5.46. The zero-order valence-electron chi connectivity index (χ0n) is 9.33. The van der Waals surface area contributed by atoms with Gasteiger partial charge in [0.1, 0.15) is 0 Å². The largest absolute Gasteiger partial charge is 0.330 e. The van der Waals surface area contributed by atoms with Crippen LogP contribution in [0.3, 0.4) is 0 Å². The van der Waals surface area contributed by atoms with Crippen molar-refractivity contribution >= 4 is 33.5 Å². The maximum absolute atomic E-state index is 5.57. The van der Waals surface area contributed by atoms with Gasteiger partial charge in [-0.25, -0.2) is 0 Å². The maximum Gasteiger partial charge on any atom is 0.0708 e. The molecular weight excluding hydrogens is 311 g/mol. The summed E-state index contributed by atoms with van der Waals surface area (Å²) in [7, 11) is 0. The summed E-state index contributed by atoms with van der Waals surface area (Å²) in [6.45, 7) is 2.79. The number of halogens is 1. The average Bonchev–Trinajstić information content (AvgIpc) is 2.26. The van der Waals surface area contributed by atoms with Gasteiger partial charge in [0, 0.05) is 14.7 Å². The number of aryl methyl sites for hydroxylation is 2. The molecule has 0 aliphatic rings. The van der Waals surface area contributed by atoms with Crippen molar-refractivity contribution in [2.75, 3.05) is 6.54 Å². The third-order valence-electron chi connectivity index (χ3n) is 2.63. The van der Waals surface area contributed by atoms with Crippen LogP contribution in [-0.2, 0) is 6.42 Å². The molecule has 0 amide bonds. The third kappa shape index (κ3) is 2.52. The van der Waals surface area contributed by atoms with Crippen molar-refractivity contribution in [3.8, 4) is 0 Å². The van der Waals surface area contributed by atoms with E-state index in [2.05, 4.69) is 51.8 Å². The monoisotopic (exact) mass is 326 g/mol. The lowest BCUT2D eigenvalue weighted by Gasteiger charge is -2.07. The average molecular weight is 326 g/mol. The fourth-order valence-electron chi connectivity index (χ4n) is 1.91. The van der Waals surface area contributed by atoms with E-state index in [1.807, 2.05) is 6.92 Å². The summed E-state index contributed by atoms with van der Waals surface area (Å²) in [5, 5.41) is 1.27. The molecule has 2 rings (SSSR count). The van der Waals surface area contributed by atoms with Crippen LogP contribution in [0.4, 0.5) is 0 Å². The number of hydrogen-bond donors (Lipinski definition) is 1. The summed E-state index contributed by atoms with van der Waals surface area (Å²) in [6, 6.07) is 8.57. The van der Waals surface area contributed by atoms with Crippen molar-refractivity contribution in [3.05, 3.63) is 39.1 Å². The first-order valence-corrected chi connectivity index (χ1v) is 6.54. The molecule has 1 aromatic heterocycles. The number of pyridine rings is 1. The Labute approximate surface area is 109 Å². The predicted octanol–water partition coefficient (Wildman–Crippen LogP) is 3.04. The lowest BCUT2D eigenvalue weighted by molar-refractivity contribution is 0.835. The van der Waals surface area contributed by atoms with E-state index in [1.54, 1.807) is 0 Å². The van der Waals surface area contributed by atoms with Gasteiger partial charge in [0.05, 0.1) is 5.52 Å². The zero-order valence-corrected chi connectivity index (χ0v) is 11.5. The van der Waals surface area contributed by atoms with Gasteiger partial charge in [-0.2, -0.15) is 0 Å². The van der Waals surface area contributed by atoms with Gasteiger partial charge in [0.2, 0.25) is 0 Å². The number of fused-ring (bicyclic) bond motifs is 1. The van der Waals surface area contributed by atoms with Crippen molar-refractivity contribution in [1.82, 2.24) is 4.98 Å². The normalized spacial score (nSPS) is 10.9. The molecule has 0 aliphatic carbocycles. The van der Waals surface area contributed by atoms with Crippen LogP contribution < -0.4 is 5.73 Å². The maximum atomic E-state index is 5.57. The van der Waals surface area contributed by atoms with Gasteiger partial charge in [-0.1, -0.05) is 0 Å². The van der Waals surface area contributed by atoms with Crippen LogP contribution in [-0.4, -0.2) is 11.5 Å². The minimum atomic E-state index is 0.743. The predicted molar refractivity (Wildman–Crippen MR) is 76.6 cm³/mol. The molecule has 0 aliphatic heterocycles. The Hall–Kier alpha value is -0.680. The number of benzene rings is 1. The Morgan fingerprint density at radius 3 is 2.88 bits per heavy atom. The topological polar surface area (TPSA) is 38.9 Å². The third-order valence-corrected chi connectivity index (χ3v) is 3.31. The summed E-state index contributed by atoms with van der Waals surface area (Å²) in [5.74, 6) is 0. The van der Waals surface area contributed by atoms with Crippen LogP contribution in [0.1, 0.15) is 17.7 Å². The lowest BCUT2D eigenvalue weighted by Crippen LogP contribution is -2.01. The van der Waals surface area contributed by atoms with Crippen LogP contribution in [0.5, 0.6) is 0 Å². The van der Waals surface area contributed by atoms with Crippen LogP contribution in [0.15, 0.2) is 24.3 Å². The first-order chi connectivity index (χ1) is 7.70. The van der Waals surface area contributed by atoms with Gasteiger partial charge < -0.3 is 5.73 Å². The van der Waals surface area contributed by atoms with Gasteiger partial charge in [-0.05, 0) is 78.7 Å². The van der Waals surface area contributed by atoms with E-state index < -0.39 is 0 Å². The molecule has 2 nitrogen and oxygen atoms in total. The molecule has 0 spiro atoms. The molecule has 0 atom stereocenters. The van der Waals surface area contributed by atoms with Gasteiger partial charge in [0.25, 0.3) is 0 Å². The standard InChI is InChI=1S/C13H15IN2/c1-9-7-10(3-2-6-15)12-8-11(14)4-5-13(12)16-9/h4-5,7-8H,2-3,6,15H2,1H3. The smallest absolute Gasteiger partial charge is 0.0708 e. The summed E-state index contributed by atoms with van der Waals surface area (Å²) in [6.07, 6.45) is 2.07. The molecule has 84 valence electrons. The summed E-state index contributed by atoms with van der Waals surface area (Å²) < 4.78 is 1.25. The Balaban J connectivity index is 2.55. The number of hydrogen-bond acceptors (Lipinski definition) is 2. The second-order valence-electron chi connectivity index (χ2n) is 3.98. The quantitative estimate of drug-likeness (QED) is 0.881. The van der Waals surface area contributed by atoms with E-state index in [1.165, 1.54) is 14.5 Å². The van der Waals surface area contributed by atoms with Crippen molar-refractivity contribution < 1.29 is 0 Å². The number of aromatic nitrogens is 1. The van der Waals surface area contributed by atoms with Gasteiger partial charge in [-0.15, -0.1) is 0 Å². The molecule has 3 heteroatoms. The molecule has 0 radical (unpaired) electrons. The van der Waals surface area contributed by atoms with E-state index >= 15 is 0 Å². The van der Waals surface area contributed by atoms with Crippen molar-refractivity contribution in [3.63, 3.8) is 0 Å². The van der Waals surface area contributed by atoms with E-state index in [9.17, 15) is 0 Å². The van der Waals surface area contributed by atoms with Crippen LogP contribution in [0, 0.1) is 10.5 Å². The number of nitrogens with two attached hydrogens (primary N) is 1. The minimum absolute atomic E-state index is 0.743. The molecule has 1 heterocycles. The van der Waals surface area contributed by atoms with Gasteiger partial charge in [-0.3, -0.25) is 4.98 Å². The molecule has 0 saturated carbocycles. The van der Waals surface area contributed by atoms with Crippen molar-refractivity contribution in [1.29, 1.82) is 0 Å². The fraction of sp³-hybridized carbons (Fsp3) is 0.308. The van der Waals surface area contributed by atoms with Crippen LogP contribution >= 0.6 is 22.6 Å². The van der Waals surface area contributed by atoms with Crippen LogP contribution in [0.25, 0.3) is 10.9 Å². The molecule has 2 aromatic rings. The number of nitrogens with zero attached hydrogens (tertiary/aromatic N) is 1. The summed E-state index contributed by atoms with van der Waals surface area (Å²) in [5.41, 5.74) is 9.11. The fourth-order valence-corrected chi connectivity index (χ4v) is 2.41. The van der Waals surface area contributed by atoms with Crippen LogP contribution in [0.2, 0.25) is 0 Å². The SMILES string of the molecule is Cc1cc(CCCN)c2cc(I)ccc2n1. The Kier molecular flexibility index (Phi) is 3.76. The van der Waals surface area contributed by atoms with E-state index in [-0.39, 0.29) is 0 Å². The van der Waals surface area contributed by atoms with Gasteiger partial charge >= 0.3 is 0 Å². The van der Waals surface area contributed by atoms with Crippen molar-refractivity contribution in [2.45, 2.75) is 19.8 Å². The molecule has 1 aromatic carbocycles. The highest BCUT2D eigenvalue weighted by Crippen LogP contribution is 2.22. The Morgan fingerprint density at radius 1 is 1.31 bits per heavy atom. The summed E-state index contributed by atoms with van der Waals surface area (Å²) in [4.78, 5) is 4.55.